The summed E-state index contributed by atoms with van der Waals surface area (Å²) >= 11 is 0. The highest BCUT2D eigenvalue weighted by atomic mass is 35.5. The molecule has 0 spiro atoms. The van der Waals surface area contributed by atoms with E-state index in [1.807, 2.05) is 36.1 Å². The number of halogens is 1. The molecule has 1 aliphatic rings. The molecule has 124 valence electrons. The monoisotopic (exact) mass is 328 g/mol. The summed E-state index contributed by atoms with van der Waals surface area (Å²) in [5.41, 5.74) is 1.00. The fourth-order valence-electron chi connectivity index (χ4n) is 2.46. The van der Waals surface area contributed by atoms with Crippen molar-refractivity contribution in [3.8, 4) is 5.75 Å². The molecule has 2 unspecified atom stereocenters. The molecule has 5 nitrogen and oxygen atoms in total. The highest BCUT2D eigenvalue weighted by Gasteiger charge is 2.27. The van der Waals surface area contributed by atoms with E-state index in [0.29, 0.717) is 6.61 Å². The van der Waals surface area contributed by atoms with E-state index in [-0.39, 0.29) is 24.4 Å². The number of rotatable bonds is 5. The lowest BCUT2D eigenvalue weighted by Gasteiger charge is -2.35. The van der Waals surface area contributed by atoms with Gasteiger partial charge in [-0.15, -0.1) is 12.4 Å². The van der Waals surface area contributed by atoms with Crippen LogP contribution in [0.4, 0.5) is 0 Å². The van der Waals surface area contributed by atoms with E-state index in [2.05, 4.69) is 12.2 Å². The fraction of sp³-hybridized carbons (Fsp3) is 0.562. The van der Waals surface area contributed by atoms with E-state index >= 15 is 0 Å². The zero-order valence-corrected chi connectivity index (χ0v) is 14.2. The Morgan fingerprint density at radius 3 is 2.95 bits per heavy atom. The van der Waals surface area contributed by atoms with E-state index in [9.17, 15) is 4.79 Å². The van der Waals surface area contributed by atoms with E-state index in [0.717, 1.165) is 30.9 Å². The quantitative estimate of drug-likeness (QED) is 0.896. The molecule has 1 heterocycles. The molecule has 2 atom stereocenters. The Bertz CT molecular complexity index is 484. The number of nitrogens with zero attached hydrogens (tertiary/aromatic N) is 1. The highest BCUT2D eigenvalue weighted by Crippen LogP contribution is 2.15. The van der Waals surface area contributed by atoms with E-state index in [1.54, 1.807) is 7.11 Å². The fourth-order valence-corrected chi connectivity index (χ4v) is 2.46. The van der Waals surface area contributed by atoms with Crippen LogP contribution in [-0.2, 0) is 16.1 Å². The Balaban J connectivity index is 0.00000242. The van der Waals surface area contributed by atoms with Crippen molar-refractivity contribution in [1.82, 2.24) is 10.2 Å². The number of hydrogen-bond acceptors (Lipinski definition) is 4. The molecule has 1 amide bonds. The van der Waals surface area contributed by atoms with Crippen LogP contribution in [0.3, 0.4) is 0 Å². The molecule has 1 N–H and O–H groups in total. The third-order valence-electron chi connectivity index (χ3n) is 3.77. The van der Waals surface area contributed by atoms with Crippen molar-refractivity contribution in [2.45, 2.75) is 32.6 Å². The van der Waals surface area contributed by atoms with Crippen LogP contribution in [-0.4, -0.2) is 49.7 Å². The van der Waals surface area contributed by atoms with Crippen molar-refractivity contribution in [1.29, 1.82) is 0 Å². The number of nitrogens with one attached hydrogen (secondary N) is 1. The van der Waals surface area contributed by atoms with Crippen LogP contribution in [0.15, 0.2) is 24.3 Å². The molecule has 0 radical (unpaired) electrons. The number of carbonyl (C=O) groups excluding carboxylic acids is 1. The summed E-state index contributed by atoms with van der Waals surface area (Å²) in [6.45, 7) is 6.71. The predicted octanol–water partition coefficient (Wildman–Crippen LogP) is 1.84. The summed E-state index contributed by atoms with van der Waals surface area (Å²) in [7, 11) is 1.64. The van der Waals surface area contributed by atoms with Crippen LogP contribution in [0.5, 0.6) is 5.75 Å². The van der Waals surface area contributed by atoms with Gasteiger partial charge in [0.2, 0.25) is 0 Å². The molecule has 1 saturated heterocycles. The minimum absolute atomic E-state index is 0. The lowest BCUT2D eigenvalue weighted by atomic mass is 10.2. The van der Waals surface area contributed by atoms with E-state index in [4.69, 9.17) is 9.47 Å². The van der Waals surface area contributed by atoms with Gasteiger partial charge in [0, 0.05) is 25.7 Å². The first-order chi connectivity index (χ1) is 10.1. The molecular weight excluding hydrogens is 304 g/mol. The third-order valence-corrected chi connectivity index (χ3v) is 3.77. The maximum atomic E-state index is 12.4. The predicted molar refractivity (Wildman–Crippen MR) is 88.5 cm³/mol. The first kappa shape index (κ1) is 18.7. The van der Waals surface area contributed by atoms with Crippen molar-refractivity contribution >= 4 is 18.3 Å². The van der Waals surface area contributed by atoms with Gasteiger partial charge in [-0.3, -0.25) is 4.79 Å². The second-order valence-electron chi connectivity index (χ2n) is 5.39. The number of piperazine rings is 1. The largest absolute Gasteiger partial charge is 0.497 e. The maximum absolute atomic E-state index is 12.4. The normalized spacial score (nSPS) is 19.2. The average molecular weight is 329 g/mol. The van der Waals surface area contributed by atoms with Crippen LogP contribution in [0.1, 0.15) is 19.4 Å². The molecule has 2 rings (SSSR count). The zero-order valence-electron chi connectivity index (χ0n) is 13.4. The van der Waals surface area contributed by atoms with Gasteiger partial charge in [-0.2, -0.15) is 0 Å². The minimum Gasteiger partial charge on any atom is -0.497 e. The van der Waals surface area contributed by atoms with Crippen LogP contribution in [0.25, 0.3) is 0 Å². The SMILES string of the molecule is COc1cccc(COC(C)C(=O)N2CCNCC2C)c1.Cl. The molecule has 6 heteroatoms. The van der Waals surface area contributed by atoms with Crippen molar-refractivity contribution in [2.24, 2.45) is 0 Å². The van der Waals surface area contributed by atoms with E-state index < -0.39 is 6.10 Å². The standard InChI is InChI=1S/C16H24N2O3.ClH/c1-12-10-17-7-8-18(12)16(19)13(2)21-11-14-5-4-6-15(9-14)20-3;/h4-6,9,12-13,17H,7-8,10-11H2,1-3H3;1H. The van der Waals surface area contributed by atoms with Gasteiger partial charge < -0.3 is 19.7 Å². The van der Waals surface area contributed by atoms with Crippen molar-refractivity contribution < 1.29 is 14.3 Å². The number of ether oxygens (including phenoxy) is 2. The third kappa shape index (κ3) is 4.87. The van der Waals surface area contributed by atoms with Gasteiger partial charge in [0.25, 0.3) is 5.91 Å². The summed E-state index contributed by atoms with van der Waals surface area (Å²) in [5, 5.41) is 3.28. The average Bonchev–Trinajstić information content (AvgIpc) is 2.52. The minimum atomic E-state index is -0.434. The lowest BCUT2D eigenvalue weighted by molar-refractivity contribution is -0.146. The number of amides is 1. The van der Waals surface area contributed by atoms with E-state index in [1.165, 1.54) is 0 Å². The Labute approximate surface area is 138 Å². The first-order valence-electron chi connectivity index (χ1n) is 7.37. The van der Waals surface area contributed by atoms with Gasteiger partial charge in [-0.25, -0.2) is 0 Å². The second kappa shape index (κ2) is 8.98. The number of carbonyl (C=O) groups is 1. The summed E-state index contributed by atoms with van der Waals surface area (Å²) in [6, 6.07) is 7.91. The van der Waals surface area contributed by atoms with Crippen LogP contribution in [0, 0.1) is 0 Å². The number of benzene rings is 1. The van der Waals surface area contributed by atoms with Crippen LogP contribution < -0.4 is 10.1 Å². The molecule has 1 fully saturated rings. The summed E-state index contributed by atoms with van der Waals surface area (Å²) in [5.74, 6) is 0.859. The smallest absolute Gasteiger partial charge is 0.251 e. The van der Waals surface area contributed by atoms with Gasteiger partial charge in [0.15, 0.2) is 0 Å². The van der Waals surface area contributed by atoms with Gasteiger partial charge in [-0.1, -0.05) is 12.1 Å². The molecule has 22 heavy (non-hydrogen) atoms. The Hall–Kier alpha value is -1.30. The first-order valence-corrected chi connectivity index (χ1v) is 7.37. The summed E-state index contributed by atoms with van der Waals surface area (Å²) < 4.78 is 10.9. The Morgan fingerprint density at radius 2 is 2.27 bits per heavy atom. The van der Waals surface area contributed by atoms with Gasteiger partial charge in [-0.05, 0) is 31.5 Å². The Morgan fingerprint density at radius 1 is 1.50 bits per heavy atom. The molecule has 0 bridgehead atoms. The number of hydrogen-bond donors (Lipinski definition) is 1. The van der Waals surface area contributed by atoms with Gasteiger partial charge >= 0.3 is 0 Å². The maximum Gasteiger partial charge on any atom is 0.251 e. The molecule has 0 saturated carbocycles. The summed E-state index contributed by atoms with van der Waals surface area (Å²) in [6.07, 6.45) is -0.434. The van der Waals surface area contributed by atoms with Crippen molar-refractivity contribution in [3.63, 3.8) is 0 Å². The van der Waals surface area contributed by atoms with Gasteiger partial charge in [0.1, 0.15) is 11.9 Å². The molecule has 1 aromatic carbocycles. The van der Waals surface area contributed by atoms with Crippen molar-refractivity contribution in [3.05, 3.63) is 29.8 Å². The molecule has 1 aromatic rings. The molecule has 0 aliphatic carbocycles. The summed E-state index contributed by atoms with van der Waals surface area (Å²) in [4.78, 5) is 14.3. The second-order valence-corrected chi connectivity index (χ2v) is 5.39. The molecule has 1 aliphatic heterocycles. The molecule has 0 aromatic heterocycles. The lowest BCUT2D eigenvalue weighted by Crippen LogP contribution is -2.54. The van der Waals surface area contributed by atoms with Crippen LogP contribution in [0.2, 0.25) is 0 Å². The highest BCUT2D eigenvalue weighted by molar-refractivity contribution is 5.85. The van der Waals surface area contributed by atoms with Gasteiger partial charge in [0.05, 0.1) is 13.7 Å². The van der Waals surface area contributed by atoms with Crippen molar-refractivity contribution in [2.75, 3.05) is 26.7 Å². The molecular formula is C16H25ClN2O3. The topological polar surface area (TPSA) is 50.8 Å². The van der Waals surface area contributed by atoms with Crippen LogP contribution >= 0.6 is 12.4 Å². The Kier molecular flexibility index (Phi) is 7.65. The zero-order chi connectivity index (χ0) is 15.2. The number of methoxy groups -OCH3 is 1.